The van der Waals surface area contributed by atoms with E-state index in [1.165, 1.54) is 12.1 Å². The largest absolute Gasteiger partial charge is 0.434 e. The summed E-state index contributed by atoms with van der Waals surface area (Å²) < 4.78 is 29.2. The van der Waals surface area contributed by atoms with Gasteiger partial charge in [0.05, 0.1) is 4.47 Å². The van der Waals surface area contributed by atoms with E-state index in [9.17, 15) is 13.6 Å². The molecule has 1 rings (SSSR count). The fraction of sp³-hybridized carbons (Fsp3) is 0.300. The van der Waals surface area contributed by atoms with Crippen molar-refractivity contribution in [3.63, 3.8) is 0 Å². The number of Topliss-reactive ketones (excluding diaryl/α,β-unsaturated/α-hetero) is 1. The minimum Gasteiger partial charge on any atom is -0.434 e. The standard InChI is InChI=1S/C10H8Br2F2O2/c1-2-6(15)8-5(11)3-4-7(9(8)12)16-10(13)14/h3-4,10H,2H2,1H3. The van der Waals surface area contributed by atoms with E-state index < -0.39 is 6.61 Å². The lowest BCUT2D eigenvalue weighted by Gasteiger charge is -2.11. The maximum absolute atomic E-state index is 12.1. The zero-order valence-electron chi connectivity index (χ0n) is 8.27. The lowest BCUT2D eigenvalue weighted by Crippen LogP contribution is -2.06. The molecule has 0 fully saturated rings. The van der Waals surface area contributed by atoms with E-state index in [1.807, 2.05) is 0 Å². The Hall–Kier alpha value is -0.490. The number of rotatable bonds is 4. The molecule has 1 aromatic rings. The molecule has 0 amide bonds. The highest BCUT2D eigenvalue weighted by molar-refractivity contribution is 9.11. The van der Waals surface area contributed by atoms with Gasteiger partial charge in [0.1, 0.15) is 5.75 Å². The summed E-state index contributed by atoms with van der Waals surface area (Å²) in [6, 6.07) is 2.87. The number of hydrogen-bond donors (Lipinski definition) is 0. The van der Waals surface area contributed by atoms with Gasteiger partial charge >= 0.3 is 6.61 Å². The number of ether oxygens (including phenoxy) is 1. The fourth-order valence-electron chi connectivity index (χ4n) is 1.15. The van der Waals surface area contributed by atoms with Crippen molar-refractivity contribution in [3.05, 3.63) is 26.6 Å². The Morgan fingerprint density at radius 2 is 2.06 bits per heavy atom. The second kappa shape index (κ2) is 5.72. The van der Waals surface area contributed by atoms with Crippen LogP contribution in [-0.2, 0) is 0 Å². The zero-order chi connectivity index (χ0) is 12.3. The number of carbonyl (C=O) groups excluding carboxylic acids is 1. The van der Waals surface area contributed by atoms with Crippen LogP contribution in [-0.4, -0.2) is 12.4 Å². The Bertz CT molecular complexity index is 408. The molecule has 0 aromatic heterocycles. The van der Waals surface area contributed by atoms with E-state index in [1.54, 1.807) is 6.92 Å². The maximum Gasteiger partial charge on any atom is 0.387 e. The molecular weight excluding hydrogens is 350 g/mol. The first kappa shape index (κ1) is 13.6. The first-order valence-electron chi connectivity index (χ1n) is 4.43. The van der Waals surface area contributed by atoms with Crippen molar-refractivity contribution >= 4 is 37.6 Å². The third kappa shape index (κ3) is 3.01. The summed E-state index contributed by atoms with van der Waals surface area (Å²) in [6.45, 7) is -1.22. The number of halogens is 4. The summed E-state index contributed by atoms with van der Waals surface area (Å²) in [7, 11) is 0. The normalized spacial score (nSPS) is 10.6. The highest BCUT2D eigenvalue weighted by Gasteiger charge is 2.18. The fourth-order valence-corrected chi connectivity index (χ4v) is 2.63. The van der Waals surface area contributed by atoms with E-state index in [-0.39, 0.29) is 22.4 Å². The molecule has 0 bridgehead atoms. The molecule has 16 heavy (non-hydrogen) atoms. The molecule has 0 atom stereocenters. The van der Waals surface area contributed by atoms with Crippen LogP contribution in [0.4, 0.5) is 8.78 Å². The van der Waals surface area contributed by atoms with Crippen molar-refractivity contribution in [1.29, 1.82) is 0 Å². The van der Waals surface area contributed by atoms with Gasteiger partial charge in [-0.15, -0.1) is 0 Å². The van der Waals surface area contributed by atoms with Gasteiger partial charge < -0.3 is 4.74 Å². The van der Waals surface area contributed by atoms with Crippen molar-refractivity contribution in [2.75, 3.05) is 0 Å². The SMILES string of the molecule is CCC(=O)c1c(Br)ccc(OC(F)F)c1Br. The molecule has 1 aromatic carbocycles. The first-order valence-corrected chi connectivity index (χ1v) is 6.02. The molecule has 0 spiro atoms. The summed E-state index contributed by atoms with van der Waals surface area (Å²) in [5.41, 5.74) is 0.320. The molecule has 0 saturated heterocycles. The molecule has 0 aliphatic rings. The predicted molar refractivity (Wildman–Crippen MR) is 63.1 cm³/mol. The Balaban J connectivity index is 3.21. The topological polar surface area (TPSA) is 26.3 Å². The van der Waals surface area contributed by atoms with Crippen molar-refractivity contribution in [2.24, 2.45) is 0 Å². The first-order chi connectivity index (χ1) is 7.47. The van der Waals surface area contributed by atoms with E-state index in [4.69, 9.17) is 0 Å². The van der Waals surface area contributed by atoms with Crippen LogP contribution in [0.3, 0.4) is 0 Å². The van der Waals surface area contributed by atoms with Gasteiger partial charge in [-0.1, -0.05) is 22.9 Å². The quantitative estimate of drug-likeness (QED) is 0.746. The molecule has 6 heteroatoms. The Morgan fingerprint density at radius 3 is 2.56 bits per heavy atom. The number of carbonyl (C=O) groups is 1. The summed E-state index contributed by atoms with van der Waals surface area (Å²) >= 11 is 6.29. The molecule has 0 heterocycles. The molecule has 0 aliphatic carbocycles. The molecule has 0 radical (unpaired) electrons. The highest BCUT2D eigenvalue weighted by atomic mass is 79.9. The minimum atomic E-state index is -2.91. The minimum absolute atomic E-state index is 0.0463. The number of ketones is 1. The lowest BCUT2D eigenvalue weighted by atomic mass is 10.1. The summed E-state index contributed by atoms with van der Waals surface area (Å²) in [5, 5.41) is 0. The molecule has 0 N–H and O–H groups in total. The Morgan fingerprint density at radius 1 is 1.44 bits per heavy atom. The molecular formula is C10H8Br2F2O2. The van der Waals surface area contributed by atoms with E-state index in [2.05, 4.69) is 36.6 Å². The van der Waals surface area contributed by atoms with Crippen LogP contribution in [0.1, 0.15) is 23.7 Å². The van der Waals surface area contributed by atoms with Crippen LogP contribution in [0.2, 0.25) is 0 Å². The van der Waals surface area contributed by atoms with Crippen molar-refractivity contribution < 1.29 is 18.3 Å². The average Bonchev–Trinajstić information content (AvgIpc) is 2.21. The summed E-state index contributed by atoms with van der Waals surface area (Å²) in [4.78, 5) is 11.6. The van der Waals surface area contributed by atoms with Crippen molar-refractivity contribution in [1.82, 2.24) is 0 Å². The monoisotopic (exact) mass is 356 g/mol. The number of benzene rings is 1. The maximum atomic E-state index is 12.1. The van der Waals surface area contributed by atoms with E-state index in [0.29, 0.717) is 10.0 Å². The van der Waals surface area contributed by atoms with Gasteiger partial charge in [0.2, 0.25) is 0 Å². The van der Waals surface area contributed by atoms with Gasteiger partial charge in [-0.2, -0.15) is 8.78 Å². The third-order valence-electron chi connectivity index (χ3n) is 1.87. The van der Waals surface area contributed by atoms with Crippen LogP contribution in [0.25, 0.3) is 0 Å². The van der Waals surface area contributed by atoms with Crippen LogP contribution < -0.4 is 4.74 Å². The van der Waals surface area contributed by atoms with Crippen LogP contribution in [0.15, 0.2) is 21.1 Å². The molecule has 2 nitrogen and oxygen atoms in total. The molecule has 88 valence electrons. The second-order valence-electron chi connectivity index (χ2n) is 2.89. The van der Waals surface area contributed by atoms with E-state index in [0.717, 1.165) is 0 Å². The molecule has 0 unspecified atom stereocenters. The van der Waals surface area contributed by atoms with Gasteiger partial charge in [0.25, 0.3) is 0 Å². The van der Waals surface area contributed by atoms with Crippen molar-refractivity contribution in [3.8, 4) is 5.75 Å². The van der Waals surface area contributed by atoms with Gasteiger partial charge in [-0.3, -0.25) is 4.79 Å². The Labute approximate surface area is 108 Å². The van der Waals surface area contributed by atoms with Crippen LogP contribution >= 0.6 is 31.9 Å². The summed E-state index contributed by atoms with van der Waals surface area (Å²) in [5.74, 6) is -0.200. The van der Waals surface area contributed by atoms with Gasteiger partial charge in [-0.25, -0.2) is 0 Å². The smallest absolute Gasteiger partial charge is 0.387 e. The van der Waals surface area contributed by atoms with Crippen LogP contribution in [0, 0.1) is 0 Å². The molecule has 0 saturated carbocycles. The summed E-state index contributed by atoms with van der Waals surface area (Å²) in [6.07, 6.45) is 0.287. The van der Waals surface area contributed by atoms with Gasteiger partial charge in [-0.05, 0) is 28.1 Å². The van der Waals surface area contributed by atoms with Gasteiger partial charge in [0, 0.05) is 16.5 Å². The van der Waals surface area contributed by atoms with Crippen LogP contribution in [0.5, 0.6) is 5.75 Å². The Kier molecular flexibility index (Phi) is 4.86. The zero-order valence-corrected chi connectivity index (χ0v) is 11.4. The number of hydrogen-bond acceptors (Lipinski definition) is 2. The van der Waals surface area contributed by atoms with E-state index >= 15 is 0 Å². The average molecular weight is 358 g/mol. The highest BCUT2D eigenvalue weighted by Crippen LogP contribution is 2.35. The third-order valence-corrected chi connectivity index (χ3v) is 3.32. The molecule has 0 aliphatic heterocycles. The van der Waals surface area contributed by atoms with Crippen molar-refractivity contribution in [2.45, 2.75) is 20.0 Å². The predicted octanol–water partition coefficient (Wildman–Crippen LogP) is 4.41. The lowest BCUT2D eigenvalue weighted by molar-refractivity contribution is -0.0504. The second-order valence-corrected chi connectivity index (χ2v) is 4.54. The number of alkyl halides is 2. The van der Waals surface area contributed by atoms with Gasteiger partial charge in [0.15, 0.2) is 5.78 Å².